The van der Waals surface area contributed by atoms with Gasteiger partial charge in [0, 0.05) is 29.4 Å². The summed E-state index contributed by atoms with van der Waals surface area (Å²) in [7, 11) is 0. The first-order valence-electron chi connectivity index (χ1n) is 12.1. The average Bonchev–Trinajstić information content (AvgIpc) is 2.88. The predicted octanol–water partition coefficient (Wildman–Crippen LogP) is 6.67. The molecule has 2 N–H and O–H groups in total. The molecule has 0 fully saturated rings. The molecule has 2 aromatic carbocycles. The third kappa shape index (κ3) is 8.34. The van der Waals surface area contributed by atoms with Crippen LogP contribution in [0.4, 0.5) is 13.2 Å². The van der Waals surface area contributed by atoms with Gasteiger partial charge in [0.05, 0.1) is 17.7 Å². The number of carboxylic acids is 1. The summed E-state index contributed by atoms with van der Waals surface area (Å²) in [6.45, 7) is 2.15. The molecule has 1 atom stereocenters. The van der Waals surface area contributed by atoms with Crippen LogP contribution in [0.1, 0.15) is 66.6 Å². The van der Waals surface area contributed by atoms with Gasteiger partial charge in [-0.3, -0.25) is 14.6 Å². The second-order valence-electron chi connectivity index (χ2n) is 8.58. The van der Waals surface area contributed by atoms with Crippen LogP contribution >= 0.6 is 0 Å². The van der Waals surface area contributed by atoms with Crippen molar-refractivity contribution in [1.29, 1.82) is 0 Å². The Hall–Kier alpha value is -3.88. The zero-order valence-corrected chi connectivity index (χ0v) is 20.4. The first-order valence-corrected chi connectivity index (χ1v) is 12.1. The van der Waals surface area contributed by atoms with Crippen LogP contribution in [-0.4, -0.2) is 28.5 Å². The van der Waals surface area contributed by atoms with Gasteiger partial charge in [0.25, 0.3) is 5.91 Å². The van der Waals surface area contributed by atoms with Crippen molar-refractivity contribution >= 4 is 11.9 Å². The summed E-state index contributed by atoms with van der Waals surface area (Å²) < 4.78 is 44.7. The molecule has 1 amide bonds. The number of hydrogen-bond donors (Lipinski definition) is 2. The molecule has 0 aliphatic carbocycles. The summed E-state index contributed by atoms with van der Waals surface area (Å²) >= 11 is 0. The maximum absolute atomic E-state index is 12.8. The number of carboxylic acid groups (broad SMARTS) is 1. The molecule has 3 aromatic rings. The molecule has 0 saturated heterocycles. The number of rotatable bonds is 12. The summed E-state index contributed by atoms with van der Waals surface area (Å²) in [5.41, 5.74) is 1.66. The molecule has 0 unspecified atom stereocenters. The highest BCUT2D eigenvalue weighted by molar-refractivity contribution is 5.94. The van der Waals surface area contributed by atoms with Crippen LogP contribution < -0.4 is 10.1 Å². The van der Waals surface area contributed by atoms with E-state index in [1.54, 1.807) is 36.5 Å². The van der Waals surface area contributed by atoms with Gasteiger partial charge in [0.2, 0.25) is 0 Å². The van der Waals surface area contributed by atoms with Gasteiger partial charge in [0.1, 0.15) is 11.9 Å². The number of nitrogens with zero attached hydrogens (tertiary/aromatic N) is 1. The van der Waals surface area contributed by atoms with Crippen LogP contribution in [0.5, 0.6) is 5.75 Å². The van der Waals surface area contributed by atoms with E-state index in [-0.39, 0.29) is 25.0 Å². The molecular weight excluding hydrogens is 485 g/mol. The Kier molecular flexibility index (Phi) is 9.65. The molecule has 1 aromatic heterocycles. The van der Waals surface area contributed by atoms with E-state index in [9.17, 15) is 22.8 Å². The highest BCUT2D eigenvalue weighted by Gasteiger charge is 2.30. The van der Waals surface area contributed by atoms with Crippen LogP contribution in [0.15, 0.2) is 66.9 Å². The lowest BCUT2D eigenvalue weighted by Gasteiger charge is -2.20. The van der Waals surface area contributed by atoms with E-state index >= 15 is 0 Å². The number of carbonyl (C=O) groups excluding carboxylic acids is 1. The van der Waals surface area contributed by atoms with Crippen molar-refractivity contribution < 1.29 is 32.6 Å². The number of ether oxygens (including phenoxy) is 1. The van der Waals surface area contributed by atoms with Gasteiger partial charge < -0.3 is 15.2 Å². The van der Waals surface area contributed by atoms with Crippen molar-refractivity contribution in [2.45, 2.75) is 51.3 Å². The normalized spacial score (nSPS) is 12.1. The quantitative estimate of drug-likeness (QED) is 0.264. The Bertz CT molecular complexity index is 1160. The summed E-state index contributed by atoms with van der Waals surface area (Å²) in [5.74, 6) is -0.786. The summed E-state index contributed by atoms with van der Waals surface area (Å²) in [6.07, 6.45) is 0.595. The largest absolute Gasteiger partial charge is 0.486 e. The Balaban J connectivity index is 1.70. The SMILES string of the molecule is CCCCC[C@@H](Oc1ccc(C(=O)NCCC(=O)O)cc1)c1ccc(-c2ccc(C(F)(F)F)cc2)nc1. The number of amides is 1. The minimum absolute atomic E-state index is 0.0430. The zero-order chi connectivity index (χ0) is 26.8. The molecule has 6 nitrogen and oxygen atoms in total. The third-order valence-electron chi connectivity index (χ3n) is 5.76. The van der Waals surface area contributed by atoms with Crippen LogP contribution in [0.2, 0.25) is 0 Å². The number of pyridine rings is 1. The summed E-state index contributed by atoms with van der Waals surface area (Å²) in [5, 5.41) is 11.2. The maximum Gasteiger partial charge on any atom is 0.416 e. The molecule has 37 heavy (non-hydrogen) atoms. The minimum atomic E-state index is -4.39. The molecule has 196 valence electrons. The van der Waals surface area contributed by atoms with E-state index < -0.39 is 17.7 Å². The molecule has 0 saturated carbocycles. The van der Waals surface area contributed by atoms with E-state index in [0.29, 0.717) is 22.6 Å². The number of benzene rings is 2. The molecular formula is C28H29F3N2O4. The van der Waals surface area contributed by atoms with Crippen molar-refractivity contribution in [3.8, 4) is 17.0 Å². The number of halogens is 3. The van der Waals surface area contributed by atoms with Crippen molar-refractivity contribution in [2.24, 2.45) is 0 Å². The fourth-order valence-corrected chi connectivity index (χ4v) is 3.70. The topological polar surface area (TPSA) is 88.5 Å². The monoisotopic (exact) mass is 514 g/mol. The van der Waals surface area contributed by atoms with Crippen LogP contribution in [0.25, 0.3) is 11.3 Å². The minimum Gasteiger partial charge on any atom is -0.486 e. The highest BCUT2D eigenvalue weighted by Crippen LogP contribution is 2.31. The van der Waals surface area contributed by atoms with E-state index in [0.717, 1.165) is 43.4 Å². The second kappa shape index (κ2) is 12.9. The fraction of sp³-hybridized carbons (Fsp3) is 0.321. The molecule has 0 radical (unpaired) electrons. The molecule has 0 bridgehead atoms. The number of aromatic nitrogens is 1. The smallest absolute Gasteiger partial charge is 0.416 e. The predicted molar refractivity (Wildman–Crippen MR) is 133 cm³/mol. The van der Waals surface area contributed by atoms with Gasteiger partial charge in [0.15, 0.2) is 0 Å². The van der Waals surface area contributed by atoms with Gasteiger partial charge in [-0.25, -0.2) is 0 Å². The van der Waals surface area contributed by atoms with E-state index in [1.807, 2.05) is 6.07 Å². The lowest BCUT2D eigenvalue weighted by Crippen LogP contribution is -2.25. The molecule has 3 rings (SSSR count). The maximum atomic E-state index is 12.8. The first kappa shape index (κ1) is 27.7. The lowest BCUT2D eigenvalue weighted by atomic mass is 10.0. The molecule has 0 aliphatic rings. The van der Waals surface area contributed by atoms with Crippen molar-refractivity contribution in [3.63, 3.8) is 0 Å². The van der Waals surface area contributed by atoms with Gasteiger partial charge in [-0.05, 0) is 55.3 Å². The summed E-state index contributed by atoms with van der Waals surface area (Å²) in [4.78, 5) is 27.2. The van der Waals surface area contributed by atoms with Gasteiger partial charge in [-0.15, -0.1) is 0 Å². The fourth-order valence-electron chi connectivity index (χ4n) is 3.70. The molecule has 0 spiro atoms. The third-order valence-corrected chi connectivity index (χ3v) is 5.76. The van der Waals surface area contributed by atoms with E-state index in [4.69, 9.17) is 9.84 Å². The number of hydrogen-bond acceptors (Lipinski definition) is 4. The Morgan fingerprint density at radius 1 is 1.00 bits per heavy atom. The van der Waals surface area contributed by atoms with Crippen LogP contribution in [0.3, 0.4) is 0 Å². The Morgan fingerprint density at radius 3 is 2.27 bits per heavy atom. The number of unbranched alkanes of at least 4 members (excludes halogenated alkanes) is 2. The van der Waals surface area contributed by atoms with Gasteiger partial charge >= 0.3 is 12.1 Å². The molecule has 9 heteroatoms. The molecule has 1 heterocycles. The standard InChI is InChI=1S/C28H29F3N2O4/c1-2-3-4-5-25(37-23-13-8-20(9-14-23)27(36)32-17-16-26(34)35)21-10-15-24(33-18-21)19-6-11-22(12-7-19)28(29,30)31/h6-15,18,25H,2-5,16-17H2,1H3,(H,32,36)(H,34,35)/t25-/m1/s1. The van der Waals surface area contributed by atoms with Gasteiger partial charge in [-0.2, -0.15) is 13.2 Å². The van der Waals surface area contributed by atoms with E-state index in [2.05, 4.69) is 17.2 Å². The molecule has 0 aliphatic heterocycles. The summed E-state index contributed by atoms with van der Waals surface area (Å²) in [6, 6.07) is 15.1. The van der Waals surface area contributed by atoms with Crippen molar-refractivity contribution in [3.05, 3.63) is 83.6 Å². The zero-order valence-electron chi connectivity index (χ0n) is 20.4. The number of nitrogens with one attached hydrogen (secondary N) is 1. The average molecular weight is 515 g/mol. The highest BCUT2D eigenvalue weighted by atomic mass is 19.4. The number of carbonyl (C=O) groups is 2. The second-order valence-corrected chi connectivity index (χ2v) is 8.58. The number of alkyl halides is 3. The lowest BCUT2D eigenvalue weighted by molar-refractivity contribution is -0.138. The Labute approximate surface area is 213 Å². The van der Waals surface area contributed by atoms with Gasteiger partial charge in [-0.1, -0.05) is 38.0 Å². The van der Waals surface area contributed by atoms with Crippen molar-refractivity contribution in [2.75, 3.05) is 6.54 Å². The number of aliphatic carboxylic acids is 1. The van der Waals surface area contributed by atoms with E-state index in [1.165, 1.54) is 12.1 Å². The Morgan fingerprint density at radius 2 is 1.70 bits per heavy atom. The van der Waals surface area contributed by atoms with Crippen LogP contribution in [-0.2, 0) is 11.0 Å². The van der Waals surface area contributed by atoms with Crippen molar-refractivity contribution in [1.82, 2.24) is 10.3 Å². The van der Waals surface area contributed by atoms with Crippen LogP contribution in [0, 0.1) is 0 Å². The first-order chi connectivity index (χ1) is 17.7.